The first-order chi connectivity index (χ1) is 15.6. The van der Waals surface area contributed by atoms with Crippen LogP contribution in [0, 0.1) is 13.8 Å². The van der Waals surface area contributed by atoms with Crippen LogP contribution in [0.25, 0.3) is 0 Å². The molecule has 3 N–H and O–H groups in total. The molecule has 0 saturated carbocycles. The van der Waals surface area contributed by atoms with E-state index in [9.17, 15) is 19.2 Å². The second kappa shape index (κ2) is 40.5. The van der Waals surface area contributed by atoms with E-state index in [1.165, 1.54) is 13.1 Å². The van der Waals surface area contributed by atoms with Gasteiger partial charge in [0.2, 0.25) is 0 Å². The van der Waals surface area contributed by atoms with Crippen molar-refractivity contribution in [1.82, 2.24) is 10.2 Å². The number of allylic oxidation sites excluding steroid dienone is 2. The van der Waals surface area contributed by atoms with E-state index >= 15 is 0 Å². The molecule has 0 spiro atoms. The van der Waals surface area contributed by atoms with Gasteiger partial charge in [-0.15, -0.1) is 13.8 Å². The van der Waals surface area contributed by atoms with Crippen LogP contribution in [0.2, 0.25) is 26.2 Å². The van der Waals surface area contributed by atoms with Crippen molar-refractivity contribution in [3.63, 3.8) is 0 Å². The largest absolute Gasteiger partial charge is 0.480 e. The van der Waals surface area contributed by atoms with Crippen molar-refractivity contribution in [2.45, 2.75) is 67.4 Å². The summed E-state index contributed by atoms with van der Waals surface area (Å²) in [5.74, 6) is -2.04. The summed E-state index contributed by atoms with van der Waals surface area (Å²) in [6.07, 6.45) is 2.23. The van der Waals surface area contributed by atoms with E-state index in [2.05, 4.69) is 65.1 Å². The summed E-state index contributed by atoms with van der Waals surface area (Å²) in [4.78, 5) is 41.9. The summed E-state index contributed by atoms with van der Waals surface area (Å²) in [7, 11) is 2.93. The number of carboxylic acids is 2. The van der Waals surface area contributed by atoms with Crippen molar-refractivity contribution >= 4 is 41.1 Å². The molecule has 0 aliphatic rings. The van der Waals surface area contributed by atoms with Crippen LogP contribution >= 0.6 is 0 Å². The Balaban J connectivity index is -0.0000000413. The van der Waals surface area contributed by atoms with Gasteiger partial charge in [-0.3, -0.25) is 9.69 Å². The minimum atomic E-state index is -0.935. The Morgan fingerprint density at radius 3 is 1.18 bits per heavy atom. The third-order valence-electron chi connectivity index (χ3n) is 3.60. The van der Waals surface area contributed by atoms with Crippen LogP contribution in [0.15, 0.2) is 36.5 Å². The zero-order valence-corrected chi connectivity index (χ0v) is 34.6. The molecule has 0 aromatic heterocycles. The van der Waals surface area contributed by atoms with Crippen molar-refractivity contribution in [1.29, 1.82) is 0 Å². The van der Waals surface area contributed by atoms with Crippen LogP contribution in [0.4, 0.5) is 0 Å². The van der Waals surface area contributed by atoms with Crippen LogP contribution in [-0.4, -0.2) is 88.7 Å². The van der Waals surface area contributed by atoms with Crippen molar-refractivity contribution in [2.24, 2.45) is 0 Å². The van der Waals surface area contributed by atoms with Crippen molar-refractivity contribution < 1.29 is 113 Å². The van der Waals surface area contributed by atoms with E-state index in [0.29, 0.717) is 11.1 Å². The van der Waals surface area contributed by atoms with Gasteiger partial charge in [0, 0.05) is 119 Å². The minimum Gasteiger partial charge on any atom is -0.480 e. The van der Waals surface area contributed by atoms with Gasteiger partial charge < -0.3 is 25.1 Å². The molecule has 0 fully saturated rings. The van der Waals surface area contributed by atoms with Crippen molar-refractivity contribution in [3.05, 3.63) is 50.3 Å². The molecule has 0 aromatic carbocycles. The number of hydrogen-bond acceptors (Lipinski definition) is 6. The first kappa shape index (κ1) is 62.9. The van der Waals surface area contributed by atoms with Gasteiger partial charge in [-0.25, -0.2) is 4.79 Å². The fraction of sp³-hybridized carbons (Fsp3) is 0.538. The molecule has 0 aliphatic heterocycles. The molecule has 0 aromatic rings. The van der Waals surface area contributed by atoms with Crippen LogP contribution in [0.5, 0.6) is 0 Å². The van der Waals surface area contributed by atoms with Gasteiger partial charge in [-0.2, -0.15) is 38.2 Å². The number of carbonyl (C=O) groups excluding carboxylic acids is 2. The molecule has 0 heterocycles. The number of nitrogens with one attached hydrogen (secondary N) is 1. The second-order valence-electron chi connectivity index (χ2n) is 8.79. The molecule has 0 amide bonds. The van der Waals surface area contributed by atoms with Gasteiger partial charge in [0.15, 0.2) is 0 Å². The number of rotatable bonds is 9. The predicted octanol–water partition coefficient (Wildman–Crippen LogP) is 3.86. The second-order valence-corrected chi connectivity index (χ2v) is 15.1. The van der Waals surface area contributed by atoms with Gasteiger partial charge >= 0.3 is 11.9 Å². The van der Waals surface area contributed by atoms with Crippen LogP contribution in [0.3, 0.4) is 0 Å². The Bertz CT molecular complexity index is 602. The fourth-order valence-corrected chi connectivity index (χ4v) is 3.62. The van der Waals surface area contributed by atoms with Crippen molar-refractivity contribution in [2.75, 3.05) is 26.4 Å². The number of nitrogens with zero attached hydrogens (tertiary/aromatic N) is 1. The van der Waals surface area contributed by atoms with Crippen LogP contribution < -0.4 is 5.32 Å². The molecule has 0 saturated heterocycles. The van der Waals surface area contributed by atoms with Gasteiger partial charge in [-0.05, 0) is 40.3 Å². The Hall–Kier alpha value is 0.386. The molecule has 8 nitrogen and oxygen atoms in total. The first-order valence-corrected chi connectivity index (χ1v) is 17.4. The van der Waals surface area contributed by atoms with Gasteiger partial charge in [0.1, 0.15) is 6.04 Å². The molecule has 225 valence electrons. The SMILES string of the molecule is C.C=C(C)C(=O)O.C=C(C)C([CH2-])=O.C=C(C)C([CH2-])=O.CC(C(=O)O)N(C)C[SiH](C)C.CNC[SiH](C)C.[V].[Y].[Y]. The molecule has 0 aliphatic carbocycles. The summed E-state index contributed by atoms with van der Waals surface area (Å²) >= 11 is 0. The van der Waals surface area contributed by atoms with E-state index in [-0.39, 0.29) is 123 Å². The number of carboxylic acid groups (broad SMARTS) is 2. The summed E-state index contributed by atoms with van der Waals surface area (Å²) in [5.41, 5.74) is 1.19. The summed E-state index contributed by atoms with van der Waals surface area (Å²) < 4.78 is 0. The maximum atomic E-state index is 10.5. The molecule has 0 bridgehead atoms. The maximum Gasteiger partial charge on any atom is 0.330 e. The smallest absolute Gasteiger partial charge is 0.330 e. The van der Waals surface area contributed by atoms with E-state index < -0.39 is 20.7 Å². The van der Waals surface area contributed by atoms with Crippen molar-refractivity contribution in [3.8, 4) is 0 Å². The Morgan fingerprint density at radius 1 is 0.846 bits per heavy atom. The average Bonchev–Trinajstić information content (AvgIpc) is 2.68. The van der Waals surface area contributed by atoms with Gasteiger partial charge in [0.05, 0.1) is 0 Å². The Morgan fingerprint density at radius 2 is 1.10 bits per heavy atom. The zero-order chi connectivity index (χ0) is 29.5. The third kappa shape index (κ3) is 67.8. The van der Waals surface area contributed by atoms with Crippen LogP contribution in [-0.2, 0) is 103 Å². The number of carbonyl (C=O) groups is 4. The van der Waals surface area contributed by atoms with Gasteiger partial charge in [0.25, 0.3) is 0 Å². The maximum absolute atomic E-state index is 10.5. The molecule has 3 radical (unpaired) electrons. The Labute approximate surface area is 305 Å². The van der Waals surface area contributed by atoms with Crippen LogP contribution in [0.1, 0.15) is 35.1 Å². The standard InChI is InChI=1S/C7H17NO2Si.2C5H7O.C4H13NSi.C4H6O2.CH4.V.2Y/c1-6(7(9)10)8(2)5-11(3)4;2*1-4(2)5(3)6;1-5-4-6(2)3;1-3(2)4(5)6;;;;/h6,11H,5H2,1-4H3,(H,9,10);2*1,3H2,2H3;5-6H,4H2,1-3H3;1H2,2H3,(H,5,6);1H4;;;/q;2*-1;;;;;;. The van der Waals surface area contributed by atoms with E-state index in [1.54, 1.807) is 20.8 Å². The molecular weight excluding hydrogens is 721 g/mol. The third-order valence-corrected chi connectivity index (χ3v) is 6.13. The zero-order valence-electron chi connectivity index (χ0n) is 25.3. The average molecular weight is 776 g/mol. The monoisotopic (exact) mass is 775 g/mol. The molecule has 13 heteroatoms. The molecule has 0 rings (SSSR count). The topological polar surface area (TPSA) is 124 Å². The van der Waals surface area contributed by atoms with Gasteiger partial charge in [-0.1, -0.05) is 40.2 Å². The van der Waals surface area contributed by atoms with E-state index in [1.807, 2.05) is 19.0 Å². The van der Waals surface area contributed by atoms with E-state index in [4.69, 9.17) is 10.2 Å². The fourth-order valence-electron chi connectivity index (χ4n) is 1.33. The molecule has 1 unspecified atom stereocenters. The number of ketones is 2. The number of aliphatic carboxylic acids is 2. The summed E-state index contributed by atoms with van der Waals surface area (Å²) in [5, 5.41) is 19.7. The number of Topliss-reactive ketones (excluding diaryl/α,β-unsaturated/α-hetero) is 2. The summed E-state index contributed by atoms with van der Waals surface area (Å²) in [6.45, 7) is 31.6. The molecule has 39 heavy (non-hydrogen) atoms. The Kier molecular flexibility index (Phi) is 65.3. The van der Waals surface area contributed by atoms with E-state index in [0.717, 1.165) is 6.17 Å². The number of hydrogen-bond donors (Lipinski definition) is 3. The number of likely N-dealkylation sites (N-methyl/N-ethyl adjacent to an activating group) is 1. The molecular formula is C26H54N2O6Si2VY2-2. The molecule has 1 atom stereocenters. The normalized spacial score (nSPS) is 8.95. The quantitative estimate of drug-likeness (QED) is 0.184. The summed E-state index contributed by atoms with van der Waals surface area (Å²) in [6, 6.07) is -0.343. The first-order valence-electron chi connectivity index (χ1n) is 11.1. The minimum absolute atomic E-state index is 0. The predicted molar refractivity (Wildman–Crippen MR) is 161 cm³/mol.